The van der Waals surface area contributed by atoms with E-state index < -0.39 is 0 Å². The number of hydrogen-bond donors (Lipinski definition) is 1. The SMILES string of the molecule is Cc1ccc2c(c1)NC(=O)c1cc(-c3ccc(C=O)o3)ccc1O2. The zero-order valence-corrected chi connectivity index (χ0v) is 12.8. The number of carbonyl (C=O) groups excluding carboxylic acids is 2. The van der Waals surface area contributed by atoms with Crippen LogP contribution in [0.2, 0.25) is 0 Å². The predicted molar refractivity (Wildman–Crippen MR) is 88.7 cm³/mol. The van der Waals surface area contributed by atoms with Crippen LogP contribution in [0.25, 0.3) is 11.3 Å². The summed E-state index contributed by atoms with van der Waals surface area (Å²) in [5.41, 5.74) is 2.77. The molecule has 5 nitrogen and oxygen atoms in total. The average Bonchev–Trinajstić information content (AvgIpc) is 3.01. The van der Waals surface area contributed by atoms with Gasteiger partial charge in [0.15, 0.2) is 17.8 Å². The smallest absolute Gasteiger partial charge is 0.259 e. The van der Waals surface area contributed by atoms with Crippen molar-refractivity contribution in [1.82, 2.24) is 0 Å². The standard InChI is InChI=1S/C19H13NO4/c1-11-2-5-18-15(8-11)20-19(22)14-9-12(3-6-17(14)24-18)16-7-4-13(10-21)23-16/h2-10H,1H3,(H,20,22). The molecule has 4 rings (SSSR count). The van der Waals surface area contributed by atoms with Crippen molar-refractivity contribution < 1.29 is 18.7 Å². The summed E-state index contributed by atoms with van der Waals surface area (Å²) in [6.45, 7) is 1.95. The van der Waals surface area contributed by atoms with E-state index in [1.807, 2.05) is 25.1 Å². The molecule has 1 aliphatic heterocycles. The zero-order chi connectivity index (χ0) is 16.7. The largest absolute Gasteiger partial charge is 0.454 e. The van der Waals surface area contributed by atoms with E-state index in [-0.39, 0.29) is 11.7 Å². The van der Waals surface area contributed by atoms with Crippen molar-refractivity contribution in [2.24, 2.45) is 0 Å². The molecule has 2 heterocycles. The number of nitrogens with one attached hydrogen (secondary N) is 1. The topological polar surface area (TPSA) is 68.5 Å². The van der Waals surface area contributed by atoms with E-state index in [9.17, 15) is 9.59 Å². The Morgan fingerprint density at radius 1 is 1.00 bits per heavy atom. The normalized spacial score (nSPS) is 12.5. The van der Waals surface area contributed by atoms with Crippen molar-refractivity contribution in [2.75, 3.05) is 5.32 Å². The van der Waals surface area contributed by atoms with Crippen molar-refractivity contribution in [3.05, 3.63) is 65.4 Å². The Bertz CT molecular complexity index is 971. The van der Waals surface area contributed by atoms with Gasteiger partial charge in [0, 0.05) is 5.56 Å². The van der Waals surface area contributed by atoms with Crippen LogP contribution in [0.3, 0.4) is 0 Å². The number of aldehydes is 1. The maximum atomic E-state index is 12.5. The van der Waals surface area contributed by atoms with Gasteiger partial charge in [-0.05, 0) is 55.0 Å². The van der Waals surface area contributed by atoms with Crippen LogP contribution in [0.5, 0.6) is 11.5 Å². The first-order valence-corrected chi connectivity index (χ1v) is 7.43. The molecule has 1 aromatic heterocycles. The molecular formula is C19H13NO4. The van der Waals surface area contributed by atoms with Crippen LogP contribution in [0.1, 0.15) is 26.5 Å². The van der Waals surface area contributed by atoms with E-state index in [0.717, 1.165) is 5.56 Å². The highest BCUT2D eigenvalue weighted by molar-refractivity contribution is 6.08. The summed E-state index contributed by atoms with van der Waals surface area (Å²) in [4.78, 5) is 23.3. The first-order valence-electron chi connectivity index (χ1n) is 7.43. The van der Waals surface area contributed by atoms with Crippen LogP contribution in [0, 0.1) is 6.92 Å². The quantitative estimate of drug-likeness (QED) is 0.710. The van der Waals surface area contributed by atoms with Gasteiger partial charge in [0.05, 0.1) is 11.3 Å². The summed E-state index contributed by atoms with van der Waals surface area (Å²) in [5, 5.41) is 2.86. The van der Waals surface area contributed by atoms with Crippen LogP contribution in [-0.2, 0) is 0 Å². The fraction of sp³-hybridized carbons (Fsp3) is 0.0526. The third kappa shape index (κ3) is 2.36. The van der Waals surface area contributed by atoms with Gasteiger partial charge in [0.2, 0.25) is 0 Å². The molecule has 0 fully saturated rings. The Morgan fingerprint density at radius 3 is 2.62 bits per heavy atom. The molecule has 1 amide bonds. The van der Waals surface area contributed by atoms with Crippen LogP contribution in [0.15, 0.2) is 52.9 Å². The monoisotopic (exact) mass is 319 g/mol. The molecule has 0 saturated heterocycles. The van der Waals surface area contributed by atoms with Gasteiger partial charge in [-0.15, -0.1) is 0 Å². The molecule has 0 unspecified atom stereocenters. The molecule has 0 atom stereocenters. The van der Waals surface area contributed by atoms with Crippen molar-refractivity contribution in [3.8, 4) is 22.8 Å². The molecule has 3 aromatic rings. The molecule has 5 heteroatoms. The minimum atomic E-state index is -0.252. The predicted octanol–water partition coefficient (Wildman–Crippen LogP) is 4.43. The van der Waals surface area contributed by atoms with E-state index in [2.05, 4.69) is 5.32 Å². The van der Waals surface area contributed by atoms with Gasteiger partial charge in [0.25, 0.3) is 5.91 Å². The third-order valence-corrected chi connectivity index (χ3v) is 3.85. The Labute approximate surface area is 137 Å². The van der Waals surface area contributed by atoms with Crippen LogP contribution in [0.4, 0.5) is 5.69 Å². The lowest BCUT2D eigenvalue weighted by atomic mass is 10.1. The zero-order valence-electron chi connectivity index (χ0n) is 12.8. The highest BCUT2D eigenvalue weighted by atomic mass is 16.5. The second-order valence-electron chi connectivity index (χ2n) is 5.59. The lowest BCUT2D eigenvalue weighted by molar-refractivity contribution is 0.102. The molecule has 24 heavy (non-hydrogen) atoms. The number of hydrogen-bond acceptors (Lipinski definition) is 4. The number of amides is 1. The number of carbonyl (C=O) groups is 2. The highest BCUT2D eigenvalue weighted by Gasteiger charge is 2.22. The van der Waals surface area contributed by atoms with Crippen molar-refractivity contribution in [2.45, 2.75) is 6.92 Å². The van der Waals surface area contributed by atoms with E-state index in [1.165, 1.54) is 0 Å². The molecule has 1 aliphatic rings. The summed E-state index contributed by atoms with van der Waals surface area (Å²) in [7, 11) is 0. The second kappa shape index (κ2) is 5.38. The van der Waals surface area contributed by atoms with Crippen LogP contribution in [-0.4, -0.2) is 12.2 Å². The summed E-state index contributed by atoms with van der Waals surface area (Å²) < 4.78 is 11.3. The summed E-state index contributed by atoms with van der Waals surface area (Å²) in [5.74, 6) is 1.58. The summed E-state index contributed by atoms with van der Waals surface area (Å²) in [6, 6.07) is 14.1. The number of benzene rings is 2. The maximum absolute atomic E-state index is 12.5. The number of rotatable bonds is 2. The highest BCUT2D eigenvalue weighted by Crippen LogP contribution is 2.37. The van der Waals surface area contributed by atoms with Gasteiger partial charge in [-0.2, -0.15) is 0 Å². The maximum Gasteiger partial charge on any atom is 0.259 e. The molecule has 0 spiro atoms. The van der Waals surface area contributed by atoms with Gasteiger partial charge in [-0.3, -0.25) is 9.59 Å². The van der Waals surface area contributed by atoms with Crippen molar-refractivity contribution in [1.29, 1.82) is 0 Å². The van der Waals surface area contributed by atoms with E-state index in [0.29, 0.717) is 40.4 Å². The fourth-order valence-corrected chi connectivity index (χ4v) is 2.66. The average molecular weight is 319 g/mol. The number of fused-ring (bicyclic) bond motifs is 2. The molecule has 118 valence electrons. The molecule has 2 aromatic carbocycles. The Kier molecular flexibility index (Phi) is 3.20. The molecule has 0 bridgehead atoms. The Hall–Kier alpha value is -3.34. The van der Waals surface area contributed by atoms with Gasteiger partial charge in [0.1, 0.15) is 11.5 Å². The van der Waals surface area contributed by atoms with Crippen molar-refractivity contribution >= 4 is 17.9 Å². The number of furan rings is 1. The number of anilines is 1. The third-order valence-electron chi connectivity index (χ3n) is 3.85. The number of ether oxygens (including phenoxy) is 1. The minimum absolute atomic E-state index is 0.239. The van der Waals surface area contributed by atoms with E-state index in [1.54, 1.807) is 30.3 Å². The van der Waals surface area contributed by atoms with Gasteiger partial charge < -0.3 is 14.5 Å². The van der Waals surface area contributed by atoms with E-state index >= 15 is 0 Å². The molecule has 0 radical (unpaired) electrons. The Balaban J connectivity index is 1.78. The first-order chi connectivity index (χ1) is 11.6. The summed E-state index contributed by atoms with van der Waals surface area (Å²) >= 11 is 0. The lowest BCUT2D eigenvalue weighted by Crippen LogP contribution is -2.10. The van der Waals surface area contributed by atoms with Crippen molar-refractivity contribution in [3.63, 3.8) is 0 Å². The second-order valence-corrected chi connectivity index (χ2v) is 5.59. The van der Waals surface area contributed by atoms with Crippen LogP contribution >= 0.6 is 0 Å². The van der Waals surface area contributed by atoms with Gasteiger partial charge in [-0.25, -0.2) is 0 Å². The van der Waals surface area contributed by atoms with Gasteiger partial charge >= 0.3 is 0 Å². The molecule has 0 aliphatic carbocycles. The molecular weight excluding hydrogens is 306 g/mol. The van der Waals surface area contributed by atoms with Crippen LogP contribution < -0.4 is 10.1 Å². The summed E-state index contributed by atoms with van der Waals surface area (Å²) in [6.07, 6.45) is 0.641. The Morgan fingerprint density at radius 2 is 1.83 bits per heavy atom. The molecule has 0 saturated carbocycles. The molecule has 1 N–H and O–H groups in total. The first kappa shape index (κ1) is 14.3. The van der Waals surface area contributed by atoms with E-state index in [4.69, 9.17) is 9.15 Å². The van der Waals surface area contributed by atoms with Gasteiger partial charge in [-0.1, -0.05) is 6.07 Å². The fourth-order valence-electron chi connectivity index (χ4n) is 2.66. The number of aryl methyl sites for hydroxylation is 1. The minimum Gasteiger partial charge on any atom is -0.454 e. The lowest BCUT2D eigenvalue weighted by Gasteiger charge is -2.08.